The number of fused-ring (bicyclic) bond motifs is 1. The van der Waals surface area contributed by atoms with E-state index in [4.69, 9.17) is 0 Å². The van der Waals surface area contributed by atoms with Gasteiger partial charge in [0, 0.05) is 18.0 Å². The molecular weight excluding hydrogens is 128 g/mol. The molecule has 4 heteroatoms. The number of hydrazine groups is 1. The third-order valence-electron chi connectivity index (χ3n) is 1.28. The van der Waals surface area contributed by atoms with E-state index < -0.39 is 0 Å². The van der Waals surface area contributed by atoms with Crippen molar-refractivity contribution in [3.8, 4) is 0 Å². The van der Waals surface area contributed by atoms with Gasteiger partial charge in [0.2, 0.25) is 0 Å². The molecule has 0 amide bonds. The zero-order valence-corrected chi connectivity index (χ0v) is 5.20. The smallest absolute Gasteiger partial charge is 0.155 e. The Morgan fingerprint density at radius 1 is 1.40 bits per heavy atom. The Morgan fingerprint density at radius 3 is 3.30 bits per heavy atom. The Hall–Kier alpha value is -1.58. The Bertz CT molecular complexity index is 268. The minimum absolute atomic E-state index is 0.817. The molecule has 2 heterocycles. The van der Waals surface area contributed by atoms with E-state index in [1.807, 2.05) is 6.08 Å². The molecule has 0 atom stereocenters. The van der Waals surface area contributed by atoms with Crippen LogP contribution in [0.15, 0.2) is 18.7 Å². The molecule has 4 nitrogen and oxygen atoms in total. The van der Waals surface area contributed by atoms with Gasteiger partial charge in [0.05, 0.1) is 0 Å². The Balaban J connectivity index is 2.54. The normalized spacial score (nSPS) is 13.2. The maximum Gasteiger partial charge on any atom is 0.155 e. The van der Waals surface area contributed by atoms with E-state index in [1.54, 1.807) is 12.4 Å². The van der Waals surface area contributed by atoms with E-state index in [0.717, 1.165) is 11.4 Å². The van der Waals surface area contributed by atoms with Crippen LogP contribution in [0.4, 0.5) is 5.82 Å². The highest BCUT2D eigenvalue weighted by atomic mass is 15.4. The van der Waals surface area contributed by atoms with Crippen molar-refractivity contribution in [3.63, 3.8) is 0 Å². The monoisotopic (exact) mass is 134 g/mol. The van der Waals surface area contributed by atoms with Gasteiger partial charge in [0.25, 0.3) is 0 Å². The second kappa shape index (κ2) is 1.98. The van der Waals surface area contributed by atoms with Crippen LogP contribution < -0.4 is 10.9 Å². The van der Waals surface area contributed by atoms with Crippen LogP contribution in [-0.4, -0.2) is 9.97 Å². The lowest BCUT2D eigenvalue weighted by Crippen LogP contribution is -2.19. The topological polar surface area (TPSA) is 49.8 Å². The Morgan fingerprint density at radius 2 is 2.40 bits per heavy atom. The predicted octanol–water partition coefficient (Wildman–Crippen LogP) is 0.377. The molecule has 0 spiro atoms. The van der Waals surface area contributed by atoms with E-state index in [9.17, 15) is 0 Å². The van der Waals surface area contributed by atoms with E-state index in [-0.39, 0.29) is 0 Å². The van der Waals surface area contributed by atoms with Gasteiger partial charge in [-0.1, -0.05) is 0 Å². The van der Waals surface area contributed by atoms with E-state index in [2.05, 4.69) is 20.8 Å². The summed E-state index contributed by atoms with van der Waals surface area (Å²) in [6, 6.07) is 0. The van der Waals surface area contributed by atoms with E-state index in [1.165, 1.54) is 6.33 Å². The Labute approximate surface area is 58.0 Å². The summed E-state index contributed by atoms with van der Waals surface area (Å²) in [4.78, 5) is 7.85. The van der Waals surface area contributed by atoms with Gasteiger partial charge >= 0.3 is 0 Å². The fraction of sp³-hybridized carbons (Fsp3) is 0. The van der Waals surface area contributed by atoms with Crippen molar-refractivity contribution in [1.29, 1.82) is 0 Å². The molecule has 0 unspecified atom stereocenters. The number of nitrogens with zero attached hydrogens (tertiary/aromatic N) is 2. The van der Waals surface area contributed by atoms with E-state index >= 15 is 0 Å². The van der Waals surface area contributed by atoms with Crippen LogP contribution in [0, 0.1) is 0 Å². The standard InChI is InChI=1S/C6H6N4/c1-2-9-10-6-5(1)3-7-4-8-6/h1-4,9H,(H,7,8,10). The molecule has 0 fully saturated rings. The van der Waals surface area contributed by atoms with Gasteiger partial charge in [-0.05, 0) is 6.08 Å². The molecule has 1 aromatic rings. The molecule has 0 aromatic carbocycles. The van der Waals surface area contributed by atoms with Gasteiger partial charge in [0.1, 0.15) is 6.33 Å². The fourth-order valence-electron chi connectivity index (χ4n) is 0.808. The summed E-state index contributed by atoms with van der Waals surface area (Å²) in [5.41, 5.74) is 6.70. The van der Waals surface area contributed by atoms with Crippen LogP contribution in [0.25, 0.3) is 6.08 Å². The van der Waals surface area contributed by atoms with Crippen LogP contribution in [0.1, 0.15) is 5.56 Å². The zero-order valence-electron chi connectivity index (χ0n) is 5.20. The first-order valence-electron chi connectivity index (χ1n) is 2.95. The molecule has 50 valence electrons. The molecule has 0 aliphatic carbocycles. The lowest BCUT2D eigenvalue weighted by molar-refractivity contribution is 1.000. The van der Waals surface area contributed by atoms with Gasteiger partial charge < -0.3 is 5.43 Å². The first-order chi connectivity index (χ1) is 4.97. The molecule has 0 saturated heterocycles. The SMILES string of the molecule is C1=Cc2cncnc2NN1. The lowest BCUT2D eigenvalue weighted by atomic mass is 10.3. The molecule has 0 radical (unpaired) electrons. The summed E-state index contributed by atoms with van der Waals surface area (Å²) in [5.74, 6) is 0.817. The molecule has 2 rings (SSSR count). The lowest BCUT2D eigenvalue weighted by Gasteiger charge is -2.10. The molecule has 1 aliphatic rings. The number of hydrogen-bond acceptors (Lipinski definition) is 4. The molecule has 1 aliphatic heterocycles. The molecular formula is C6H6N4. The summed E-state index contributed by atoms with van der Waals surface area (Å²) in [5, 5.41) is 0. The van der Waals surface area contributed by atoms with Crippen molar-refractivity contribution in [2.24, 2.45) is 0 Å². The average molecular weight is 134 g/mol. The van der Waals surface area contributed by atoms with Crippen molar-refractivity contribution in [2.75, 3.05) is 5.43 Å². The number of aromatic nitrogens is 2. The first kappa shape index (κ1) is 5.22. The largest absolute Gasteiger partial charge is 0.307 e. The minimum Gasteiger partial charge on any atom is -0.307 e. The zero-order chi connectivity index (χ0) is 6.81. The third-order valence-corrected chi connectivity index (χ3v) is 1.28. The number of rotatable bonds is 0. The van der Waals surface area contributed by atoms with Crippen molar-refractivity contribution in [2.45, 2.75) is 0 Å². The fourth-order valence-corrected chi connectivity index (χ4v) is 0.808. The second-order valence-electron chi connectivity index (χ2n) is 1.93. The van der Waals surface area contributed by atoms with Crippen molar-refractivity contribution in [3.05, 3.63) is 24.3 Å². The molecule has 0 bridgehead atoms. The molecule has 0 saturated carbocycles. The summed E-state index contributed by atoms with van der Waals surface area (Å²) in [6.07, 6.45) is 6.97. The first-order valence-corrected chi connectivity index (χ1v) is 2.95. The van der Waals surface area contributed by atoms with Gasteiger partial charge in [-0.2, -0.15) is 0 Å². The molecule has 2 N–H and O–H groups in total. The second-order valence-corrected chi connectivity index (χ2v) is 1.93. The van der Waals surface area contributed by atoms with Gasteiger partial charge in [-0.15, -0.1) is 0 Å². The third kappa shape index (κ3) is 0.699. The van der Waals surface area contributed by atoms with Gasteiger partial charge in [-0.3, -0.25) is 5.43 Å². The van der Waals surface area contributed by atoms with Crippen molar-refractivity contribution < 1.29 is 0 Å². The van der Waals surface area contributed by atoms with Crippen LogP contribution in [0.5, 0.6) is 0 Å². The minimum atomic E-state index is 0.817. The van der Waals surface area contributed by atoms with Crippen molar-refractivity contribution >= 4 is 11.9 Å². The highest BCUT2D eigenvalue weighted by molar-refractivity contribution is 5.63. The van der Waals surface area contributed by atoms with Crippen LogP contribution >= 0.6 is 0 Å². The number of nitrogens with one attached hydrogen (secondary N) is 2. The van der Waals surface area contributed by atoms with Crippen LogP contribution in [0.2, 0.25) is 0 Å². The van der Waals surface area contributed by atoms with Crippen molar-refractivity contribution in [1.82, 2.24) is 15.4 Å². The van der Waals surface area contributed by atoms with Crippen LogP contribution in [-0.2, 0) is 0 Å². The Kier molecular flexibility index (Phi) is 1.04. The quantitative estimate of drug-likeness (QED) is 0.538. The molecule has 1 aromatic heterocycles. The highest BCUT2D eigenvalue weighted by Gasteiger charge is 2.01. The summed E-state index contributed by atoms with van der Waals surface area (Å²) in [6.45, 7) is 0. The van der Waals surface area contributed by atoms with E-state index in [0.29, 0.717) is 0 Å². The average Bonchev–Trinajstić information content (AvgIpc) is 2.05. The van der Waals surface area contributed by atoms with Crippen LogP contribution in [0.3, 0.4) is 0 Å². The maximum atomic E-state index is 3.98. The maximum absolute atomic E-state index is 3.98. The van der Waals surface area contributed by atoms with Gasteiger partial charge in [-0.25, -0.2) is 9.97 Å². The van der Waals surface area contributed by atoms with Gasteiger partial charge in [0.15, 0.2) is 5.82 Å². The summed E-state index contributed by atoms with van der Waals surface area (Å²) < 4.78 is 0. The summed E-state index contributed by atoms with van der Waals surface area (Å²) in [7, 11) is 0. The molecule has 10 heavy (non-hydrogen) atoms. The highest BCUT2D eigenvalue weighted by Crippen LogP contribution is 2.12. The number of anilines is 1. The predicted molar refractivity (Wildman–Crippen MR) is 37.8 cm³/mol. The summed E-state index contributed by atoms with van der Waals surface area (Å²) >= 11 is 0. The number of hydrogen-bond donors (Lipinski definition) is 2.